The molecular formula is C23H24F2N4O2S. The molecule has 1 saturated heterocycles. The summed E-state index contributed by atoms with van der Waals surface area (Å²) in [6.45, 7) is 2.62. The van der Waals surface area contributed by atoms with Crippen LogP contribution < -0.4 is 9.62 Å². The number of aromatic nitrogens is 1. The lowest BCUT2D eigenvalue weighted by molar-refractivity contribution is 0.186. The molecular weight excluding hydrogens is 434 g/mol. The summed E-state index contributed by atoms with van der Waals surface area (Å²) in [7, 11) is -3.80. The smallest absolute Gasteiger partial charge is 0.240 e. The van der Waals surface area contributed by atoms with Gasteiger partial charge >= 0.3 is 0 Å². The third-order valence-electron chi connectivity index (χ3n) is 5.61. The van der Waals surface area contributed by atoms with E-state index in [4.69, 9.17) is 0 Å². The van der Waals surface area contributed by atoms with Crippen LogP contribution in [0, 0.1) is 11.6 Å². The van der Waals surface area contributed by atoms with Crippen LogP contribution in [0.4, 0.5) is 14.5 Å². The molecule has 1 N–H and O–H groups in total. The lowest BCUT2D eigenvalue weighted by atomic mass is 10.1. The van der Waals surface area contributed by atoms with Crippen molar-refractivity contribution in [3.05, 3.63) is 90.3 Å². The fourth-order valence-corrected chi connectivity index (χ4v) is 4.94. The SMILES string of the molecule is O=S(=O)(NC[C@@H](c1cccnc1)N1CCN(c2ccccc2F)CC1)c1ccc(F)cc1. The number of nitrogens with zero attached hydrogens (tertiary/aromatic N) is 3. The van der Waals surface area contributed by atoms with Gasteiger partial charge in [0.2, 0.25) is 10.0 Å². The molecule has 0 saturated carbocycles. The first-order valence-electron chi connectivity index (χ1n) is 10.3. The van der Waals surface area contributed by atoms with Crippen molar-refractivity contribution in [3.63, 3.8) is 0 Å². The fraction of sp³-hybridized carbons (Fsp3) is 0.261. The van der Waals surface area contributed by atoms with Crippen LogP contribution in [0.25, 0.3) is 0 Å². The number of hydrogen-bond acceptors (Lipinski definition) is 5. The van der Waals surface area contributed by atoms with Crippen molar-refractivity contribution in [2.24, 2.45) is 0 Å². The summed E-state index contributed by atoms with van der Waals surface area (Å²) in [5.74, 6) is -0.748. The zero-order valence-electron chi connectivity index (χ0n) is 17.4. The number of pyridine rings is 1. The lowest BCUT2D eigenvalue weighted by Gasteiger charge is -2.40. The molecule has 4 rings (SSSR count). The Labute approximate surface area is 186 Å². The van der Waals surface area contributed by atoms with Gasteiger partial charge in [-0.1, -0.05) is 18.2 Å². The van der Waals surface area contributed by atoms with Gasteiger partial charge in [0.1, 0.15) is 11.6 Å². The Bertz CT molecular complexity index is 1140. The zero-order valence-corrected chi connectivity index (χ0v) is 18.2. The summed E-state index contributed by atoms with van der Waals surface area (Å²) < 4.78 is 55.4. The standard InChI is InChI=1S/C23H24F2N4O2S/c24-19-7-9-20(10-8-19)32(30,31)27-17-23(18-4-3-11-26-16-18)29-14-12-28(13-15-29)22-6-2-1-5-21(22)25/h1-11,16,23,27H,12-15,17H2/t23-/m0/s1. The Kier molecular flexibility index (Phi) is 6.78. The van der Waals surface area contributed by atoms with Crippen LogP contribution in [0.15, 0.2) is 78.0 Å². The first kappa shape index (κ1) is 22.3. The summed E-state index contributed by atoms with van der Waals surface area (Å²) in [4.78, 5) is 8.35. The van der Waals surface area contributed by atoms with E-state index in [1.54, 1.807) is 24.5 Å². The second kappa shape index (κ2) is 9.72. The largest absolute Gasteiger partial charge is 0.367 e. The minimum absolute atomic E-state index is 0.00760. The van der Waals surface area contributed by atoms with Gasteiger partial charge in [-0.3, -0.25) is 9.88 Å². The molecule has 32 heavy (non-hydrogen) atoms. The van der Waals surface area contributed by atoms with Gasteiger partial charge in [-0.05, 0) is 48.0 Å². The Hall–Kier alpha value is -2.88. The monoisotopic (exact) mass is 458 g/mol. The van der Waals surface area contributed by atoms with Crippen molar-refractivity contribution in [2.45, 2.75) is 10.9 Å². The fourth-order valence-electron chi connectivity index (χ4n) is 3.90. The third kappa shape index (κ3) is 5.12. The van der Waals surface area contributed by atoms with Crippen LogP contribution in [-0.4, -0.2) is 51.0 Å². The van der Waals surface area contributed by atoms with Gasteiger partial charge in [0.25, 0.3) is 0 Å². The Morgan fingerprint density at radius 1 is 0.938 bits per heavy atom. The van der Waals surface area contributed by atoms with Gasteiger partial charge in [-0.25, -0.2) is 21.9 Å². The molecule has 3 aromatic rings. The number of benzene rings is 2. The van der Waals surface area contributed by atoms with Gasteiger partial charge in [0.15, 0.2) is 0 Å². The highest BCUT2D eigenvalue weighted by atomic mass is 32.2. The van der Waals surface area contributed by atoms with Crippen molar-refractivity contribution in [2.75, 3.05) is 37.6 Å². The van der Waals surface area contributed by atoms with Crippen molar-refractivity contribution in [3.8, 4) is 0 Å². The van der Waals surface area contributed by atoms with E-state index < -0.39 is 15.8 Å². The van der Waals surface area contributed by atoms with E-state index >= 15 is 0 Å². The molecule has 0 spiro atoms. The number of hydrogen-bond donors (Lipinski definition) is 1. The molecule has 2 heterocycles. The van der Waals surface area contributed by atoms with Crippen LogP contribution in [0.2, 0.25) is 0 Å². The molecule has 1 aromatic heterocycles. The maximum Gasteiger partial charge on any atom is 0.240 e. The summed E-state index contributed by atoms with van der Waals surface area (Å²) in [6, 6.07) is 14.9. The second-order valence-corrected chi connectivity index (χ2v) is 9.35. The van der Waals surface area contributed by atoms with E-state index in [9.17, 15) is 17.2 Å². The highest BCUT2D eigenvalue weighted by Crippen LogP contribution is 2.25. The van der Waals surface area contributed by atoms with Crippen molar-refractivity contribution in [1.29, 1.82) is 0 Å². The van der Waals surface area contributed by atoms with Gasteiger partial charge in [0.05, 0.1) is 16.6 Å². The predicted molar refractivity (Wildman–Crippen MR) is 119 cm³/mol. The molecule has 6 nitrogen and oxygen atoms in total. The van der Waals surface area contributed by atoms with Crippen LogP contribution in [-0.2, 0) is 10.0 Å². The number of anilines is 1. The van der Waals surface area contributed by atoms with Gasteiger partial charge in [-0.15, -0.1) is 0 Å². The van der Waals surface area contributed by atoms with E-state index in [0.717, 1.165) is 17.7 Å². The summed E-state index contributed by atoms with van der Waals surface area (Å²) in [5, 5.41) is 0. The summed E-state index contributed by atoms with van der Waals surface area (Å²) in [5.41, 5.74) is 1.45. The molecule has 0 bridgehead atoms. The second-order valence-electron chi connectivity index (χ2n) is 7.58. The van der Waals surface area contributed by atoms with E-state index in [0.29, 0.717) is 31.9 Å². The molecule has 0 unspecified atom stereocenters. The molecule has 1 fully saturated rings. The zero-order chi connectivity index (χ0) is 22.6. The number of piperazine rings is 1. The van der Waals surface area contributed by atoms with Gasteiger partial charge in [-0.2, -0.15) is 0 Å². The molecule has 0 aliphatic carbocycles. The van der Waals surface area contributed by atoms with Crippen LogP contribution >= 0.6 is 0 Å². The van der Waals surface area contributed by atoms with E-state index in [-0.39, 0.29) is 23.3 Å². The van der Waals surface area contributed by atoms with Crippen molar-refractivity contribution < 1.29 is 17.2 Å². The maximum atomic E-state index is 14.2. The average molecular weight is 459 g/mol. The van der Waals surface area contributed by atoms with Crippen LogP contribution in [0.3, 0.4) is 0 Å². The highest BCUT2D eigenvalue weighted by molar-refractivity contribution is 7.89. The van der Waals surface area contributed by atoms with E-state index in [1.807, 2.05) is 23.1 Å². The Morgan fingerprint density at radius 2 is 1.66 bits per heavy atom. The molecule has 9 heteroatoms. The first-order valence-corrected chi connectivity index (χ1v) is 11.8. The minimum atomic E-state index is -3.80. The number of rotatable bonds is 7. The first-order chi connectivity index (χ1) is 15.4. The minimum Gasteiger partial charge on any atom is -0.367 e. The number of para-hydroxylation sites is 1. The number of sulfonamides is 1. The third-order valence-corrected chi connectivity index (χ3v) is 7.05. The molecule has 1 aliphatic heterocycles. The molecule has 0 radical (unpaired) electrons. The van der Waals surface area contributed by atoms with Crippen LogP contribution in [0.1, 0.15) is 11.6 Å². The predicted octanol–water partition coefficient (Wildman–Crippen LogP) is 3.20. The molecule has 168 valence electrons. The molecule has 2 aromatic carbocycles. The summed E-state index contributed by atoms with van der Waals surface area (Å²) >= 11 is 0. The number of nitrogens with one attached hydrogen (secondary N) is 1. The van der Waals surface area contributed by atoms with Crippen molar-refractivity contribution >= 4 is 15.7 Å². The van der Waals surface area contributed by atoms with Crippen LogP contribution in [0.5, 0.6) is 0 Å². The quantitative estimate of drug-likeness (QED) is 0.589. The highest BCUT2D eigenvalue weighted by Gasteiger charge is 2.28. The number of halogens is 2. The average Bonchev–Trinajstić information content (AvgIpc) is 2.81. The molecule has 1 atom stereocenters. The molecule has 0 amide bonds. The van der Waals surface area contributed by atoms with Gasteiger partial charge in [0, 0.05) is 45.1 Å². The van der Waals surface area contributed by atoms with Gasteiger partial charge < -0.3 is 4.90 Å². The maximum absolute atomic E-state index is 14.2. The topological polar surface area (TPSA) is 65.5 Å². The lowest BCUT2D eigenvalue weighted by Crippen LogP contribution is -2.50. The normalized spacial score (nSPS) is 16.1. The van der Waals surface area contributed by atoms with E-state index in [2.05, 4.69) is 14.6 Å². The Balaban J connectivity index is 1.48. The van der Waals surface area contributed by atoms with E-state index in [1.165, 1.54) is 18.2 Å². The summed E-state index contributed by atoms with van der Waals surface area (Å²) in [6.07, 6.45) is 3.39. The van der Waals surface area contributed by atoms with Crippen molar-refractivity contribution in [1.82, 2.24) is 14.6 Å². The molecule has 1 aliphatic rings. The Morgan fingerprint density at radius 3 is 2.31 bits per heavy atom.